The number of nitrogens with one attached hydrogen (secondary N) is 2. The van der Waals surface area contributed by atoms with Crippen LogP contribution in [0.3, 0.4) is 0 Å². The van der Waals surface area contributed by atoms with Gasteiger partial charge in [-0.05, 0) is 40.8 Å². The average Bonchev–Trinajstić information content (AvgIpc) is 2.31. The maximum Gasteiger partial charge on any atom is 0.498 e. The van der Waals surface area contributed by atoms with Crippen LogP contribution in [0.15, 0.2) is 11.7 Å². The molecule has 1 aliphatic heterocycles. The summed E-state index contributed by atoms with van der Waals surface area (Å²) in [6.45, 7) is 9.74. The van der Waals surface area contributed by atoms with E-state index in [-0.39, 0.29) is 11.2 Å². The third-order valence-corrected chi connectivity index (χ3v) is 3.24. The van der Waals surface area contributed by atoms with Crippen LogP contribution in [-0.4, -0.2) is 31.1 Å². The Morgan fingerprint density at radius 2 is 1.62 bits per heavy atom. The Balaban J connectivity index is 2.94. The van der Waals surface area contributed by atoms with Gasteiger partial charge in [-0.25, -0.2) is 0 Å². The summed E-state index contributed by atoms with van der Waals surface area (Å²) < 4.78 is 11.7. The highest BCUT2D eigenvalue weighted by Gasteiger charge is 2.52. The third kappa shape index (κ3) is 2.30. The maximum atomic E-state index is 7.71. The second-order valence-electron chi connectivity index (χ2n) is 5.10. The average molecular weight is 224 g/mol. The van der Waals surface area contributed by atoms with Gasteiger partial charge in [0.2, 0.25) is 0 Å². The zero-order valence-corrected chi connectivity index (χ0v) is 11.0. The SMILES string of the molecule is CN/C=C(/B1OC(C)(C)C(C)(C)O1)C(C)=N. The first-order valence-corrected chi connectivity index (χ1v) is 5.50. The summed E-state index contributed by atoms with van der Waals surface area (Å²) in [6, 6.07) is 0. The summed E-state index contributed by atoms with van der Waals surface area (Å²) in [5, 5.41) is 10.6. The fraction of sp³-hybridized carbons (Fsp3) is 0.727. The van der Waals surface area contributed by atoms with Gasteiger partial charge in [-0.15, -0.1) is 0 Å². The van der Waals surface area contributed by atoms with Crippen LogP contribution in [-0.2, 0) is 9.31 Å². The summed E-state index contributed by atoms with van der Waals surface area (Å²) in [7, 11) is 1.34. The van der Waals surface area contributed by atoms with Gasteiger partial charge in [-0.3, -0.25) is 0 Å². The summed E-state index contributed by atoms with van der Waals surface area (Å²) in [5.74, 6) is 0. The van der Waals surface area contributed by atoms with Crippen LogP contribution >= 0.6 is 0 Å². The van der Waals surface area contributed by atoms with E-state index >= 15 is 0 Å². The minimum atomic E-state index is -0.463. The molecule has 4 nitrogen and oxygen atoms in total. The molecule has 0 aromatic carbocycles. The van der Waals surface area contributed by atoms with Gasteiger partial charge >= 0.3 is 7.12 Å². The van der Waals surface area contributed by atoms with Crippen molar-refractivity contribution in [3.63, 3.8) is 0 Å². The van der Waals surface area contributed by atoms with Crippen molar-refractivity contribution >= 4 is 12.8 Å². The summed E-state index contributed by atoms with van der Waals surface area (Å²) in [6.07, 6.45) is 1.75. The molecular weight excluding hydrogens is 203 g/mol. The lowest BCUT2D eigenvalue weighted by Crippen LogP contribution is -2.41. The Morgan fingerprint density at radius 3 is 1.94 bits per heavy atom. The predicted molar refractivity (Wildman–Crippen MR) is 66.6 cm³/mol. The molecule has 0 aromatic heterocycles. The molecule has 1 saturated heterocycles. The summed E-state index contributed by atoms with van der Waals surface area (Å²) in [5.41, 5.74) is 0.467. The maximum absolute atomic E-state index is 7.71. The molecule has 0 bridgehead atoms. The second-order valence-corrected chi connectivity index (χ2v) is 5.10. The lowest BCUT2D eigenvalue weighted by molar-refractivity contribution is 0.00578. The van der Waals surface area contributed by atoms with E-state index in [1.165, 1.54) is 0 Å². The Kier molecular flexibility index (Phi) is 3.50. The zero-order valence-electron chi connectivity index (χ0n) is 11.0. The molecule has 90 valence electrons. The van der Waals surface area contributed by atoms with E-state index in [1.54, 1.807) is 20.2 Å². The van der Waals surface area contributed by atoms with E-state index in [1.807, 2.05) is 27.7 Å². The molecule has 16 heavy (non-hydrogen) atoms. The molecule has 2 N–H and O–H groups in total. The fourth-order valence-electron chi connectivity index (χ4n) is 1.48. The molecule has 0 spiro atoms. The molecular formula is C11H21BN2O2. The number of hydrogen-bond donors (Lipinski definition) is 2. The van der Waals surface area contributed by atoms with Crippen molar-refractivity contribution < 1.29 is 9.31 Å². The lowest BCUT2D eigenvalue weighted by atomic mass is 9.76. The minimum Gasteiger partial charge on any atom is -0.399 e. The van der Waals surface area contributed by atoms with Crippen LogP contribution in [0.5, 0.6) is 0 Å². The molecule has 5 heteroatoms. The topological polar surface area (TPSA) is 54.3 Å². The minimum absolute atomic E-state index is 0.361. The van der Waals surface area contributed by atoms with Crippen LogP contribution in [0.1, 0.15) is 34.6 Å². The smallest absolute Gasteiger partial charge is 0.399 e. The Labute approximate surface area is 98.0 Å². The fourth-order valence-corrected chi connectivity index (χ4v) is 1.48. The van der Waals surface area contributed by atoms with Crippen LogP contribution < -0.4 is 5.32 Å². The Hall–Kier alpha value is -0.805. The molecule has 0 amide bonds. The Morgan fingerprint density at radius 1 is 1.19 bits per heavy atom. The molecule has 0 radical (unpaired) electrons. The number of allylic oxidation sites excluding steroid dienone is 1. The quantitative estimate of drug-likeness (QED) is 0.567. The molecule has 1 heterocycles. The first kappa shape index (κ1) is 13.3. The number of hydrogen-bond acceptors (Lipinski definition) is 4. The van der Waals surface area contributed by atoms with Crippen LogP contribution in [0.2, 0.25) is 0 Å². The monoisotopic (exact) mass is 224 g/mol. The summed E-state index contributed by atoms with van der Waals surface area (Å²) in [4.78, 5) is 0. The molecule has 0 aliphatic carbocycles. The molecule has 1 aliphatic rings. The lowest BCUT2D eigenvalue weighted by Gasteiger charge is -2.32. The van der Waals surface area contributed by atoms with Crippen molar-refractivity contribution in [2.24, 2.45) is 0 Å². The van der Waals surface area contributed by atoms with Crippen LogP contribution in [0.4, 0.5) is 0 Å². The largest absolute Gasteiger partial charge is 0.498 e. The zero-order chi connectivity index (χ0) is 12.6. The number of rotatable bonds is 3. The van der Waals surface area contributed by atoms with E-state index in [4.69, 9.17) is 14.7 Å². The van der Waals surface area contributed by atoms with E-state index in [2.05, 4.69) is 5.32 Å². The van der Waals surface area contributed by atoms with Crippen molar-refractivity contribution in [1.82, 2.24) is 5.32 Å². The summed E-state index contributed by atoms with van der Waals surface area (Å²) >= 11 is 0. The van der Waals surface area contributed by atoms with Gasteiger partial charge < -0.3 is 20.0 Å². The third-order valence-electron chi connectivity index (χ3n) is 3.24. The molecule has 1 fully saturated rings. The van der Waals surface area contributed by atoms with Crippen molar-refractivity contribution in [2.45, 2.75) is 45.8 Å². The van der Waals surface area contributed by atoms with E-state index in [0.29, 0.717) is 5.71 Å². The first-order chi connectivity index (χ1) is 7.21. The van der Waals surface area contributed by atoms with E-state index < -0.39 is 7.12 Å². The first-order valence-electron chi connectivity index (χ1n) is 5.50. The second kappa shape index (κ2) is 4.22. The van der Waals surface area contributed by atoms with Gasteiger partial charge in [-0.2, -0.15) is 0 Å². The van der Waals surface area contributed by atoms with E-state index in [9.17, 15) is 0 Å². The van der Waals surface area contributed by atoms with Gasteiger partial charge in [0.15, 0.2) is 0 Å². The molecule has 1 rings (SSSR count). The predicted octanol–water partition coefficient (Wildman–Crippen LogP) is 1.76. The van der Waals surface area contributed by atoms with Gasteiger partial charge in [0.25, 0.3) is 0 Å². The van der Waals surface area contributed by atoms with Gasteiger partial charge in [0, 0.05) is 18.2 Å². The highest BCUT2D eigenvalue weighted by Crippen LogP contribution is 2.38. The standard InChI is InChI=1S/C11H21BN2O2/c1-8(13)9(7-14-6)12-15-10(2,3)11(4,5)16-12/h7,13-14H,1-6H3/b9-7+,13-8?. The van der Waals surface area contributed by atoms with Crippen LogP contribution in [0.25, 0.3) is 0 Å². The highest BCUT2D eigenvalue weighted by molar-refractivity contribution is 6.62. The van der Waals surface area contributed by atoms with Crippen molar-refractivity contribution in [1.29, 1.82) is 5.41 Å². The van der Waals surface area contributed by atoms with Crippen molar-refractivity contribution in [2.75, 3.05) is 7.05 Å². The molecule has 0 unspecified atom stereocenters. The Bertz CT molecular complexity index is 308. The van der Waals surface area contributed by atoms with Crippen molar-refractivity contribution in [3.05, 3.63) is 11.7 Å². The highest BCUT2D eigenvalue weighted by atomic mass is 16.7. The van der Waals surface area contributed by atoms with E-state index in [0.717, 1.165) is 5.47 Å². The normalized spacial score (nSPS) is 23.4. The van der Waals surface area contributed by atoms with Crippen molar-refractivity contribution in [3.8, 4) is 0 Å². The van der Waals surface area contributed by atoms with Gasteiger partial charge in [0.05, 0.1) is 11.2 Å². The molecule has 0 atom stereocenters. The molecule has 0 saturated carbocycles. The molecule has 0 aromatic rings. The van der Waals surface area contributed by atoms with Gasteiger partial charge in [0.1, 0.15) is 0 Å². The van der Waals surface area contributed by atoms with Gasteiger partial charge in [-0.1, -0.05) is 0 Å². The van der Waals surface area contributed by atoms with Crippen LogP contribution in [0, 0.1) is 5.41 Å².